The molecule has 0 N–H and O–H groups in total. The molecule has 1 aliphatic carbocycles. The third-order valence-electron chi connectivity index (χ3n) is 4.41. The number of hydrogen-bond acceptors (Lipinski definition) is 4. The normalized spacial score (nSPS) is 18.5. The zero-order valence-corrected chi connectivity index (χ0v) is 13.1. The molecule has 0 spiro atoms. The van der Waals surface area contributed by atoms with Crippen molar-refractivity contribution in [2.45, 2.75) is 39.2 Å². The molecule has 0 amide bonds. The van der Waals surface area contributed by atoms with E-state index in [1.165, 1.54) is 0 Å². The van der Waals surface area contributed by atoms with E-state index in [0.29, 0.717) is 11.7 Å². The van der Waals surface area contributed by atoms with Gasteiger partial charge >= 0.3 is 0 Å². The molecule has 1 fully saturated rings. The number of hydrogen-bond donors (Lipinski definition) is 0. The summed E-state index contributed by atoms with van der Waals surface area (Å²) in [6, 6.07) is 0.473. The fourth-order valence-corrected chi connectivity index (χ4v) is 3.20. The van der Waals surface area contributed by atoms with Crippen LogP contribution in [0, 0.1) is 6.92 Å². The summed E-state index contributed by atoms with van der Waals surface area (Å²) in [5.41, 5.74) is 2.52. The first-order valence-corrected chi connectivity index (χ1v) is 7.75. The molecule has 21 heavy (non-hydrogen) atoms. The Bertz CT molecular complexity index is 583. The summed E-state index contributed by atoms with van der Waals surface area (Å²) < 4.78 is 7.33. The Morgan fingerprint density at radius 2 is 2.14 bits per heavy atom. The Morgan fingerprint density at radius 3 is 2.71 bits per heavy atom. The molecule has 5 nitrogen and oxygen atoms in total. The standard InChI is InChI=1S/C16H23N3O2/c1-4-19(13-7-9-21-10-8-13)16-11(2)14(17-18(16)3)15(20)12-5-6-12/h5,13H,4,6-10H2,1-3H3. The van der Waals surface area contributed by atoms with Crippen LogP contribution in [-0.2, 0) is 11.8 Å². The molecule has 0 saturated carbocycles. The van der Waals surface area contributed by atoms with Crippen molar-refractivity contribution in [3.05, 3.63) is 22.9 Å². The van der Waals surface area contributed by atoms with Crippen LogP contribution in [0.1, 0.15) is 42.2 Å². The van der Waals surface area contributed by atoms with E-state index < -0.39 is 0 Å². The first-order chi connectivity index (χ1) is 10.1. The number of ether oxygens (including phenoxy) is 1. The molecule has 3 rings (SSSR count). The second-order valence-electron chi connectivity index (χ2n) is 5.81. The number of carbonyl (C=O) groups is 1. The number of aromatic nitrogens is 2. The monoisotopic (exact) mass is 289 g/mol. The minimum Gasteiger partial charge on any atom is -0.381 e. The van der Waals surface area contributed by atoms with Gasteiger partial charge in [-0.15, -0.1) is 0 Å². The van der Waals surface area contributed by atoms with Gasteiger partial charge < -0.3 is 9.64 Å². The molecule has 114 valence electrons. The number of aryl methyl sites for hydroxylation is 1. The third kappa shape index (κ3) is 2.62. The molecule has 0 radical (unpaired) electrons. The first kappa shape index (κ1) is 14.3. The molecular formula is C16H23N3O2. The van der Waals surface area contributed by atoms with E-state index in [2.05, 4.69) is 16.9 Å². The minimum absolute atomic E-state index is 0.0948. The lowest BCUT2D eigenvalue weighted by Gasteiger charge is -2.35. The second-order valence-corrected chi connectivity index (χ2v) is 5.81. The average Bonchev–Trinajstić information content (AvgIpc) is 3.30. The van der Waals surface area contributed by atoms with Gasteiger partial charge in [0.1, 0.15) is 11.5 Å². The van der Waals surface area contributed by atoms with Gasteiger partial charge in [-0.05, 0) is 33.1 Å². The minimum atomic E-state index is 0.0948. The van der Waals surface area contributed by atoms with Crippen LogP contribution >= 0.6 is 0 Å². The summed E-state index contributed by atoms with van der Waals surface area (Å²) in [5.74, 6) is 1.17. The van der Waals surface area contributed by atoms with Crippen LogP contribution in [0.4, 0.5) is 5.82 Å². The molecule has 0 atom stereocenters. The lowest BCUT2D eigenvalue weighted by Crippen LogP contribution is -2.40. The molecule has 1 aromatic heterocycles. The van der Waals surface area contributed by atoms with E-state index in [0.717, 1.165) is 56.0 Å². The SMILES string of the molecule is CCN(c1c(C)c(C(=O)C2=CC2)nn1C)C1CCOCC1. The highest BCUT2D eigenvalue weighted by atomic mass is 16.5. The van der Waals surface area contributed by atoms with Crippen molar-refractivity contribution < 1.29 is 9.53 Å². The fourth-order valence-electron chi connectivity index (χ4n) is 3.20. The summed E-state index contributed by atoms with van der Waals surface area (Å²) in [7, 11) is 1.93. The number of allylic oxidation sites excluding steroid dienone is 2. The lowest BCUT2D eigenvalue weighted by molar-refractivity contribution is 0.0843. The van der Waals surface area contributed by atoms with Crippen molar-refractivity contribution >= 4 is 11.6 Å². The van der Waals surface area contributed by atoms with Gasteiger partial charge in [0.15, 0.2) is 0 Å². The molecule has 0 aromatic carbocycles. The summed E-state index contributed by atoms with van der Waals surface area (Å²) >= 11 is 0. The predicted molar refractivity (Wildman–Crippen MR) is 81.8 cm³/mol. The quantitative estimate of drug-likeness (QED) is 0.780. The Labute approximate surface area is 125 Å². The van der Waals surface area contributed by atoms with Gasteiger partial charge in [0.2, 0.25) is 5.78 Å². The van der Waals surface area contributed by atoms with Crippen LogP contribution < -0.4 is 4.90 Å². The third-order valence-corrected chi connectivity index (χ3v) is 4.41. The highest BCUT2D eigenvalue weighted by Gasteiger charge is 2.29. The van der Waals surface area contributed by atoms with Crippen molar-refractivity contribution in [2.75, 3.05) is 24.7 Å². The number of ketones is 1. The first-order valence-electron chi connectivity index (χ1n) is 7.75. The summed E-state index contributed by atoms with van der Waals surface area (Å²) in [6.07, 6.45) is 4.85. The predicted octanol–water partition coefficient (Wildman–Crippen LogP) is 2.25. The average molecular weight is 289 g/mol. The summed E-state index contributed by atoms with van der Waals surface area (Å²) in [4.78, 5) is 14.7. The molecule has 5 heteroatoms. The highest BCUT2D eigenvalue weighted by Crippen LogP contribution is 2.31. The molecule has 2 aliphatic rings. The van der Waals surface area contributed by atoms with Crippen LogP contribution in [0.5, 0.6) is 0 Å². The van der Waals surface area contributed by atoms with Gasteiger partial charge in [0.25, 0.3) is 0 Å². The zero-order valence-electron chi connectivity index (χ0n) is 13.1. The molecule has 2 heterocycles. The molecule has 0 unspecified atom stereocenters. The van der Waals surface area contributed by atoms with Crippen LogP contribution in [0.3, 0.4) is 0 Å². The second kappa shape index (κ2) is 5.64. The molecule has 1 aliphatic heterocycles. The largest absolute Gasteiger partial charge is 0.381 e. The van der Waals surface area contributed by atoms with Crippen molar-refractivity contribution in [2.24, 2.45) is 7.05 Å². The van der Waals surface area contributed by atoms with E-state index in [1.807, 2.05) is 24.7 Å². The van der Waals surface area contributed by atoms with Gasteiger partial charge in [-0.25, -0.2) is 0 Å². The number of carbonyl (C=O) groups excluding carboxylic acids is 1. The van der Waals surface area contributed by atoms with Gasteiger partial charge in [-0.1, -0.05) is 6.08 Å². The maximum Gasteiger partial charge on any atom is 0.209 e. The van der Waals surface area contributed by atoms with E-state index >= 15 is 0 Å². The van der Waals surface area contributed by atoms with Gasteiger partial charge in [-0.3, -0.25) is 9.48 Å². The summed E-state index contributed by atoms with van der Waals surface area (Å²) in [6.45, 7) is 6.72. The van der Waals surface area contributed by atoms with Crippen LogP contribution in [0.15, 0.2) is 11.6 Å². The Morgan fingerprint density at radius 1 is 1.48 bits per heavy atom. The number of nitrogens with zero attached hydrogens (tertiary/aromatic N) is 3. The molecule has 0 bridgehead atoms. The van der Waals surface area contributed by atoms with Crippen LogP contribution in [0.2, 0.25) is 0 Å². The van der Waals surface area contributed by atoms with E-state index in [4.69, 9.17) is 4.74 Å². The molecular weight excluding hydrogens is 266 g/mol. The van der Waals surface area contributed by atoms with E-state index in [-0.39, 0.29) is 5.78 Å². The smallest absolute Gasteiger partial charge is 0.209 e. The van der Waals surface area contributed by atoms with Crippen LogP contribution in [0.25, 0.3) is 0 Å². The van der Waals surface area contributed by atoms with Crippen molar-refractivity contribution in [1.82, 2.24) is 9.78 Å². The number of Topliss-reactive ketones (excluding diaryl/α,β-unsaturated/α-hetero) is 1. The van der Waals surface area contributed by atoms with Crippen molar-refractivity contribution in [3.8, 4) is 0 Å². The zero-order chi connectivity index (χ0) is 15.0. The Balaban J connectivity index is 1.92. The Hall–Kier alpha value is -1.62. The maximum atomic E-state index is 12.3. The fraction of sp³-hybridized carbons (Fsp3) is 0.625. The topological polar surface area (TPSA) is 47.4 Å². The molecule has 1 saturated heterocycles. The van der Waals surface area contributed by atoms with Crippen LogP contribution in [-0.4, -0.2) is 41.4 Å². The lowest BCUT2D eigenvalue weighted by atomic mass is 10.1. The van der Waals surface area contributed by atoms with Gasteiger partial charge in [-0.2, -0.15) is 5.10 Å². The Kier molecular flexibility index (Phi) is 3.85. The van der Waals surface area contributed by atoms with E-state index in [9.17, 15) is 4.79 Å². The van der Waals surface area contributed by atoms with E-state index in [1.54, 1.807) is 0 Å². The highest BCUT2D eigenvalue weighted by molar-refractivity contribution is 6.11. The molecule has 1 aromatic rings. The van der Waals surface area contributed by atoms with Crippen molar-refractivity contribution in [3.63, 3.8) is 0 Å². The summed E-state index contributed by atoms with van der Waals surface area (Å²) in [5, 5.41) is 4.49. The van der Waals surface area contributed by atoms with Crippen molar-refractivity contribution in [1.29, 1.82) is 0 Å². The van der Waals surface area contributed by atoms with Gasteiger partial charge in [0.05, 0.1) is 0 Å². The van der Waals surface area contributed by atoms with Gasteiger partial charge in [0, 0.05) is 44.0 Å². The maximum absolute atomic E-state index is 12.3. The number of anilines is 1. The number of rotatable bonds is 5.